The average Bonchev–Trinajstić information content (AvgIpc) is 2.79. The third kappa shape index (κ3) is 8.99. The van der Waals surface area contributed by atoms with Gasteiger partial charge in [-0.2, -0.15) is 0 Å². The normalized spacial score (nSPS) is 12.2. The third-order valence-corrected chi connectivity index (χ3v) is 7.48. The van der Waals surface area contributed by atoms with Crippen molar-refractivity contribution in [1.29, 1.82) is 0 Å². The molecule has 0 saturated carbocycles. The molecule has 0 radical (unpaired) electrons. The van der Waals surface area contributed by atoms with Crippen molar-refractivity contribution >= 4 is 19.2 Å². The van der Waals surface area contributed by atoms with Gasteiger partial charge in [0.05, 0.1) is 0 Å². The fourth-order valence-electron chi connectivity index (χ4n) is 4.15. The molecule has 0 bridgehead atoms. The first-order chi connectivity index (χ1) is 16.6. The molecule has 1 unspecified atom stereocenters. The van der Waals surface area contributed by atoms with E-state index in [1.54, 1.807) is 0 Å². The fraction of sp³-hybridized carbons (Fsp3) is 0.333. The van der Waals surface area contributed by atoms with Gasteiger partial charge in [0.15, 0.2) is 0 Å². The van der Waals surface area contributed by atoms with Crippen LogP contribution in [0.5, 0.6) is 0 Å². The molecule has 0 aromatic heterocycles. The van der Waals surface area contributed by atoms with E-state index < -0.39 is 7.60 Å². The molecule has 1 atom stereocenters. The molecule has 2 N–H and O–H groups in total. The Morgan fingerprint density at radius 1 is 0.857 bits per heavy atom. The first-order valence-corrected chi connectivity index (χ1v) is 14.3. The van der Waals surface area contributed by atoms with Crippen molar-refractivity contribution in [3.63, 3.8) is 0 Å². The third-order valence-electron chi connectivity index (χ3n) is 6.35. The minimum Gasteiger partial charge on any atom is -0.324 e. The largest absolute Gasteiger partial charge is 0.325 e. The summed E-state index contributed by atoms with van der Waals surface area (Å²) in [5.74, 6) is 6.96. The van der Waals surface area contributed by atoms with E-state index in [-0.39, 0.29) is 12.1 Å². The lowest BCUT2D eigenvalue weighted by Gasteiger charge is -2.13. The van der Waals surface area contributed by atoms with Gasteiger partial charge >= 0.3 is 7.60 Å². The summed E-state index contributed by atoms with van der Waals surface area (Å²) < 4.78 is 11.0. The lowest BCUT2D eigenvalue weighted by molar-refractivity contribution is 0.371. The van der Waals surface area contributed by atoms with Gasteiger partial charge < -0.3 is 9.79 Å². The van der Waals surface area contributed by atoms with Crippen LogP contribution in [0.1, 0.15) is 64.1 Å². The van der Waals surface area contributed by atoms with Gasteiger partial charge in [-0.25, -0.2) is 0 Å². The van der Waals surface area contributed by atoms with Crippen LogP contribution in [0.2, 0.25) is 5.02 Å². The number of rotatable bonds is 9. The van der Waals surface area contributed by atoms with Gasteiger partial charge in [0.25, 0.3) is 0 Å². The molecule has 5 heteroatoms. The second-order valence-electron chi connectivity index (χ2n) is 9.35. The second kappa shape index (κ2) is 12.6. The molecule has 3 aromatic carbocycles. The average molecular weight is 509 g/mol. The molecule has 0 aliphatic heterocycles. The molecule has 0 aliphatic rings. The van der Waals surface area contributed by atoms with Crippen LogP contribution in [0.4, 0.5) is 0 Å². The summed E-state index contributed by atoms with van der Waals surface area (Å²) in [6.45, 7) is 6.35. The van der Waals surface area contributed by atoms with Crippen molar-refractivity contribution in [3.05, 3.63) is 105 Å². The second-order valence-corrected chi connectivity index (χ2v) is 11.6. The molecule has 0 heterocycles. The quantitative estimate of drug-likeness (QED) is 0.178. The smallest absolute Gasteiger partial charge is 0.324 e. The van der Waals surface area contributed by atoms with Crippen molar-refractivity contribution in [2.45, 2.75) is 58.8 Å². The highest BCUT2D eigenvalue weighted by molar-refractivity contribution is 7.51. The van der Waals surface area contributed by atoms with Crippen LogP contribution in [-0.2, 0) is 17.4 Å². The van der Waals surface area contributed by atoms with Crippen LogP contribution in [0.3, 0.4) is 0 Å². The molecule has 0 saturated heterocycles. The van der Waals surface area contributed by atoms with Crippen LogP contribution in [-0.4, -0.2) is 15.9 Å². The van der Waals surface area contributed by atoms with Gasteiger partial charge in [-0.1, -0.05) is 72.3 Å². The number of halogens is 1. The minimum atomic E-state index is -3.88. The molecule has 3 rings (SSSR count). The van der Waals surface area contributed by atoms with Crippen LogP contribution >= 0.6 is 19.2 Å². The highest BCUT2D eigenvalue weighted by Gasteiger charge is 2.12. The molecule has 3 nitrogen and oxygen atoms in total. The van der Waals surface area contributed by atoms with Crippen molar-refractivity contribution < 1.29 is 14.4 Å². The molecule has 184 valence electrons. The molecular formula is C30H34ClO3P. The first-order valence-electron chi connectivity index (χ1n) is 12.1. The van der Waals surface area contributed by atoms with Crippen LogP contribution in [0, 0.1) is 32.6 Å². The van der Waals surface area contributed by atoms with Crippen LogP contribution in [0.25, 0.3) is 0 Å². The Kier molecular flexibility index (Phi) is 9.79. The Balaban J connectivity index is 1.74. The number of aryl methyl sites for hydroxylation is 4. The fourth-order valence-corrected chi connectivity index (χ4v) is 4.99. The van der Waals surface area contributed by atoms with Gasteiger partial charge in [-0.05, 0) is 98.0 Å². The zero-order chi connectivity index (χ0) is 25.4. The van der Waals surface area contributed by atoms with Crippen molar-refractivity contribution in [2.75, 3.05) is 6.16 Å². The SMILES string of the molecule is Cc1ccc(CC(C#Cc2ccc(CCCCCP(=O)(O)O)cc2C)c2cccc(Cl)c2)cc1C. The molecule has 0 spiro atoms. The van der Waals surface area contributed by atoms with Crippen molar-refractivity contribution in [1.82, 2.24) is 0 Å². The maximum atomic E-state index is 11.0. The van der Waals surface area contributed by atoms with E-state index in [2.05, 4.69) is 75.1 Å². The van der Waals surface area contributed by atoms with Crippen LogP contribution < -0.4 is 0 Å². The number of benzene rings is 3. The highest BCUT2D eigenvalue weighted by Crippen LogP contribution is 2.35. The Bertz CT molecular complexity index is 1270. The predicted octanol–water partition coefficient (Wildman–Crippen LogP) is 7.53. The predicted molar refractivity (Wildman–Crippen MR) is 146 cm³/mol. The Labute approximate surface area is 214 Å². The van der Waals surface area contributed by atoms with E-state index in [4.69, 9.17) is 21.4 Å². The highest BCUT2D eigenvalue weighted by atomic mass is 35.5. The van der Waals surface area contributed by atoms with E-state index in [9.17, 15) is 4.57 Å². The van der Waals surface area contributed by atoms with Gasteiger partial charge in [0, 0.05) is 22.7 Å². The minimum absolute atomic E-state index is 0.0312. The van der Waals surface area contributed by atoms with Crippen molar-refractivity contribution in [2.24, 2.45) is 0 Å². The van der Waals surface area contributed by atoms with Gasteiger partial charge in [0.2, 0.25) is 0 Å². The molecule has 3 aromatic rings. The standard InChI is InChI=1S/C30H34ClO3P/c1-22-11-12-26(18-23(22)2)20-29(28-9-7-10-30(31)21-28)16-15-27-14-13-25(19-24(27)3)8-5-4-6-17-35(32,33)34/h7,9-14,18-19,21,29H,4-6,8,17,20H2,1-3H3,(H2,32,33,34). The summed E-state index contributed by atoms with van der Waals surface area (Å²) in [5.41, 5.74) is 8.34. The number of hydrogen-bond acceptors (Lipinski definition) is 1. The molecule has 0 fully saturated rings. The zero-order valence-corrected chi connectivity index (χ0v) is 22.4. The van der Waals surface area contributed by atoms with Gasteiger partial charge in [0.1, 0.15) is 0 Å². The topological polar surface area (TPSA) is 57.5 Å². The van der Waals surface area contributed by atoms with Gasteiger partial charge in [-0.3, -0.25) is 4.57 Å². The molecule has 0 amide bonds. The zero-order valence-electron chi connectivity index (χ0n) is 20.7. The van der Waals surface area contributed by atoms with E-state index in [0.717, 1.165) is 47.4 Å². The summed E-state index contributed by atoms with van der Waals surface area (Å²) in [7, 11) is -3.88. The van der Waals surface area contributed by atoms with E-state index in [1.807, 2.05) is 18.2 Å². The summed E-state index contributed by atoms with van der Waals surface area (Å²) in [6, 6.07) is 20.9. The van der Waals surface area contributed by atoms with E-state index in [0.29, 0.717) is 6.42 Å². The number of unbranched alkanes of at least 4 members (excludes halogenated alkanes) is 2. The molecular weight excluding hydrogens is 475 g/mol. The Morgan fingerprint density at radius 2 is 1.60 bits per heavy atom. The van der Waals surface area contributed by atoms with Crippen LogP contribution in [0.15, 0.2) is 60.7 Å². The van der Waals surface area contributed by atoms with E-state index >= 15 is 0 Å². The monoisotopic (exact) mass is 508 g/mol. The summed E-state index contributed by atoms with van der Waals surface area (Å²) >= 11 is 6.29. The lowest BCUT2D eigenvalue weighted by Crippen LogP contribution is -2.02. The summed E-state index contributed by atoms with van der Waals surface area (Å²) in [6.07, 6.45) is 3.96. The van der Waals surface area contributed by atoms with E-state index in [1.165, 1.54) is 22.3 Å². The first kappa shape index (κ1) is 27.3. The summed E-state index contributed by atoms with van der Waals surface area (Å²) in [5, 5.41) is 0.718. The van der Waals surface area contributed by atoms with Gasteiger partial charge in [-0.15, -0.1) is 0 Å². The Hall–Kier alpha value is -2.34. The summed E-state index contributed by atoms with van der Waals surface area (Å²) in [4.78, 5) is 17.9. The number of hydrogen-bond donors (Lipinski definition) is 2. The van der Waals surface area contributed by atoms with Crippen molar-refractivity contribution in [3.8, 4) is 11.8 Å². The maximum absolute atomic E-state index is 11.0. The maximum Gasteiger partial charge on any atom is 0.325 e. The molecule has 0 aliphatic carbocycles. The lowest BCUT2D eigenvalue weighted by atomic mass is 9.90. The molecule has 35 heavy (non-hydrogen) atoms. The Morgan fingerprint density at radius 3 is 2.29 bits per heavy atom.